The van der Waals surface area contributed by atoms with Crippen LogP contribution < -0.4 is 15.6 Å². The fourth-order valence-electron chi connectivity index (χ4n) is 2.32. The molecule has 0 unspecified atom stereocenters. The zero-order valence-corrected chi connectivity index (χ0v) is 15.7. The Bertz CT molecular complexity index is 1160. The smallest absolute Gasteiger partial charge is 0.376 e. The standard InChI is InChI=1S/C18H13F4N3O4S/c19-13-4-6-14(7-5-13)23-17(26)24-29-15-8-9-25(11-15)30(27,28)16-3-1-2-12(10-16)18(20,21)22/h1-11H,(H2,23,24,26). The third kappa shape index (κ3) is 4.89. The Morgan fingerprint density at radius 3 is 2.40 bits per heavy atom. The molecule has 2 amide bonds. The molecule has 0 bridgehead atoms. The first-order valence-electron chi connectivity index (χ1n) is 8.16. The van der Waals surface area contributed by atoms with Gasteiger partial charge in [-0.3, -0.25) is 0 Å². The second-order valence-electron chi connectivity index (χ2n) is 5.87. The van der Waals surface area contributed by atoms with Crippen molar-refractivity contribution in [1.29, 1.82) is 0 Å². The minimum Gasteiger partial charge on any atom is -0.376 e. The minimum atomic E-state index is -4.70. The maximum Gasteiger partial charge on any atom is 0.416 e. The number of nitrogens with one attached hydrogen (secondary N) is 2. The summed E-state index contributed by atoms with van der Waals surface area (Å²) in [5.74, 6) is -0.583. The SMILES string of the molecule is O=C(NOc1ccn(S(=O)(=O)c2cccc(C(F)(F)F)c2)c1)Nc1ccc(F)cc1. The number of anilines is 1. The monoisotopic (exact) mass is 443 g/mol. The van der Waals surface area contributed by atoms with Gasteiger partial charge in [-0.05, 0) is 42.5 Å². The number of hydrogen-bond acceptors (Lipinski definition) is 4. The van der Waals surface area contributed by atoms with Gasteiger partial charge in [0, 0.05) is 18.0 Å². The molecule has 158 valence electrons. The van der Waals surface area contributed by atoms with E-state index < -0.39 is 38.5 Å². The van der Waals surface area contributed by atoms with Crippen molar-refractivity contribution in [3.63, 3.8) is 0 Å². The molecule has 1 heterocycles. The summed E-state index contributed by atoms with van der Waals surface area (Å²) >= 11 is 0. The highest BCUT2D eigenvalue weighted by Crippen LogP contribution is 2.31. The minimum absolute atomic E-state index is 0.0974. The summed E-state index contributed by atoms with van der Waals surface area (Å²) in [7, 11) is -4.32. The van der Waals surface area contributed by atoms with Gasteiger partial charge >= 0.3 is 12.2 Å². The van der Waals surface area contributed by atoms with Crippen molar-refractivity contribution in [3.8, 4) is 5.75 Å². The molecule has 2 N–H and O–H groups in total. The number of hydroxylamine groups is 1. The van der Waals surface area contributed by atoms with E-state index in [1.165, 1.54) is 18.2 Å². The number of urea groups is 1. The molecule has 3 rings (SSSR count). The second kappa shape index (κ2) is 8.06. The van der Waals surface area contributed by atoms with Gasteiger partial charge in [0.15, 0.2) is 5.75 Å². The summed E-state index contributed by atoms with van der Waals surface area (Å²) in [6, 6.07) is 8.54. The predicted octanol–water partition coefficient (Wildman–Crippen LogP) is 4.00. The average Bonchev–Trinajstić information content (AvgIpc) is 3.18. The van der Waals surface area contributed by atoms with E-state index in [2.05, 4.69) is 5.32 Å². The van der Waals surface area contributed by atoms with Crippen LogP contribution in [0.15, 0.2) is 71.9 Å². The maximum absolute atomic E-state index is 12.8. The van der Waals surface area contributed by atoms with Gasteiger partial charge in [-0.25, -0.2) is 21.6 Å². The third-order valence-corrected chi connectivity index (χ3v) is 5.37. The van der Waals surface area contributed by atoms with Crippen LogP contribution in [0.25, 0.3) is 0 Å². The molecular formula is C18H13F4N3O4S. The van der Waals surface area contributed by atoms with Crippen LogP contribution >= 0.6 is 0 Å². The molecule has 0 saturated heterocycles. The Labute approximate surface area is 167 Å². The van der Waals surface area contributed by atoms with Crippen molar-refractivity contribution < 1.29 is 35.6 Å². The molecule has 0 aliphatic rings. The maximum atomic E-state index is 12.8. The van der Waals surface area contributed by atoms with Gasteiger partial charge in [-0.1, -0.05) is 6.07 Å². The Morgan fingerprint density at radius 2 is 1.73 bits per heavy atom. The number of aromatic nitrogens is 1. The van der Waals surface area contributed by atoms with Crippen LogP contribution in [0.1, 0.15) is 5.56 Å². The zero-order valence-electron chi connectivity index (χ0n) is 14.9. The Kier molecular flexibility index (Phi) is 5.69. The van der Waals surface area contributed by atoms with Crippen molar-refractivity contribution >= 4 is 21.7 Å². The van der Waals surface area contributed by atoms with Gasteiger partial charge in [0.25, 0.3) is 10.0 Å². The van der Waals surface area contributed by atoms with Crippen LogP contribution in [-0.4, -0.2) is 18.4 Å². The molecule has 0 atom stereocenters. The highest BCUT2D eigenvalue weighted by atomic mass is 32.2. The lowest BCUT2D eigenvalue weighted by molar-refractivity contribution is -0.137. The summed E-state index contributed by atoms with van der Waals surface area (Å²) in [4.78, 5) is 16.1. The highest BCUT2D eigenvalue weighted by Gasteiger charge is 2.32. The Hall–Kier alpha value is -3.54. The summed E-state index contributed by atoms with van der Waals surface area (Å²) in [5.41, 5.74) is 1.17. The number of carbonyl (C=O) groups is 1. The van der Waals surface area contributed by atoms with Crippen molar-refractivity contribution in [2.75, 3.05) is 5.32 Å². The summed E-state index contributed by atoms with van der Waals surface area (Å²) < 4.78 is 77.1. The summed E-state index contributed by atoms with van der Waals surface area (Å²) in [5, 5.41) is 2.35. The fourth-order valence-corrected chi connectivity index (χ4v) is 3.55. The molecule has 3 aromatic rings. The van der Waals surface area contributed by atoms with Crippen molar-refractivity contribution in [1.82, 2.24) is 9.45 Å². The Morgan fingerprint density at radius 1 is 1.03 bits per heavy atom. The van der Waals surface area contributed by atoms with Crippen LogP contribution in [0.3, 0.4) is 0 Å². The van der Waals surface area contributed by atoms with E-state index >= 15 is 0 Å². The van der Waals surface area contributed by atoms with Gasteiger partial charge in [0.1, 0.15) is 5.82 Å². The fraction of sp³-hybridized carbons (Fsp3) is 0.0556. The summed E-state index contributed by atoms with van der Waals surface area (Å²) in [6.07, 6.45) is -2.68. The molecule has 0 aliphatic heterocycles. The lowest BCUT2D eigenvalue weighted by Crippen LogP contribution is -2.31. The van der Waals surface area contributed by atoms with Gasteiger partial charge in [-0.15, -0.1) is 0 Å². The van der Waals surface area contributed by atoms with E-state index in [1.54, 1.807) is 0 Å². The van der Waals surface area contributed by atoms with E-state index in [-0.39, 0.29) is 11.4 Å². The molecule has 0 fully saturated rings. The Balaban J connectivity index is 1.68. The molecule has 12 heteroatoms. The molecule has 0 aliphatic carbocycles. The number of hydrogen-bond donors (Lipinski definition) is 2. The number of carbonyl (C=O) groups excluding carboxylic acids is 1. The largest absolute Gasteiger partial charge is 0.416 e. The van der Waals surface area contributed by atoms with Crippen LogP contribution in [0.2, 0.25) is 0 Å². The average molecular weight is 443 g/mol. The quantitative estimate of drug-likeness (QED) is 0.461. The van der Waals surface area contributed by atoms with E-state index in [1.807, 2.05) is 5.48 Å². The number of nitrogens with zero attached hydrogens (tertiary/aromatic N) is 1. The lowest BCUT2D eigenvalue weighted by atomic mass is 10.2. The lowest BCUT2D eigenvalue weighted by Gasteiger charge is -2.10. The number of amides is 2. The van der Waals surface area contributed by atoms with E-state index in [0.717, 1.165) is 42.7 Å². The summed E-state index contributed by atoms with van der Waals surface area (Å²) in [6.45, 7) is 0. The van der Waals surface area contributed by atoms with Crippen molar-refractivity contribution in [2.45, 2.75) is 11.1 Å². The zero-order chi connectivity index (χ0) is 21.9. The topological polar surface area (TPSA) is 89.4 Å². The van der Waals surface area contributed by atoms with Crippen LogP contribution in [0.5, 0.6) is 5.75 Å². The van der Waals surface area contributed by atoms with Gasteiger partial charge in [-0.2, -0.15) is 18.7 Å². The predicted molar refractivity (Wildman–Crippen MR) is 97.6 cm³/mol. The molecule has 2 aromatic carbocycles. The number of alkyl halides is 3. The highest BCUT2D eigenvalue weighted by molar-refractivity contribution is 7.90. The van der Waals surface area contributed by atoms with Crippen LogP contribution in [0.4, 0.5) is 28.0 Å². The molecule has 0 radical (unpaired) electrons. The molecule has 0 spiro atoms. The first kappa shape index (κ1) is 21.2. The molecule has 30 heavy (non-hydrogen) atoms. The number of rotatable bonds is 5. The first-order chi connectivity index (χ1) is 14.1. The molecular weight excluding hydrogens is 430 g/mol. The molecule has 0 saturated carbocycles. The second-order valence-corrected chi connectivity index (χ2v) is 7.72. The molecule has 7 nitrogen and oxygen atoms in total. The van der Waals surface area contributed by atoms with Gasteiger partial charge in [0.2, 0.25) is 0 Å². The third-order valence-electron chi connectivity index (χ3n) is 3.74. The van der Waals surface area contributed by atoms with E-state index in [4.69, 9.17) is 4.84 Å². The number of halogens is 4. The van der Waals surface area contributed by atoms with Gasteiger partial charge < -0.3 is 10.2 Å². The van der Waals surface area contributed by atoms with Gasteiger partial charge in [0.05, 0.1) is 16.7 Å². The molecule has 1 aromatic heterocycles. The van der Waals surface area contributed by atoms with Crippen molar-refractivity contribution in [2.24, 2.45) is 0 Å². The normalized spacial score (nSPS) is 11.7. The van der Waals surface area contributed by atoms with E-state index in [0.29, 0.717) is 10.0 Å². The van der Waals surface area contributed by atoms with E-state index in [9.17, 15) is 30.8 Å². The van der Waals surface area contributed by atoms with Crippen LogP contribution in [0, 0.1) is 5.82 Å². The number of benzene rings is 2. The van der Waals surface area contributed by atoms with Crippen molar-refractivity contribution in [3.05, 3.63) is 78.4 Å². The first-order valence-corrected chi connectivity index (χ1v) is 9.60. The van der Waals surface area contributed by atoms with Crippen LogP contribution in [-0.2, 0) is 16.2 Å².